The smallest absolute Gasteiger partial charge is 0.120 e. The predicted octanol–water partition coefficient (Wildman–Crippen LogP) is 4.61. The highest BCUT2D eigenvalue weighted by atomic mass is 79.9. The molecule has 2 aromatic rings. The molecule has 0 spiro atoms. The van der Waals surface area contributed by atoms with Crippen molar-refractivity contribution >= 4 is 27.5 Å². The van der Waals surface area contributed by atoms with Gasteiger partial charge in [0.2, 0.25) is 0 Å². The van der Waals surface area contributed by atoms with Gasteiger partial charge in [0.05, 0.1) is 0 Å². The summed E-state index contributed by atoms with van der Waals surface area (Å²) in [6.45, 7) is 2.38. The Balaban J connectivity index is 1.76. The van der Waals surface area contributed by atoms with Crippen molar-refractivity contribution in [2.45, 2.75) is 6.54 Å². The van der Waals surface area contributed by atoms with Crippen LogP contribution in [0.15, 0.2) is 53.0 Å². The van der Waals surface area contributed by atoms with E-state index in [1.54, 1.807) is 0 Å². The minimum Gasteiger partial charge on any atom is -0.492 e. The number of benzene rings is 2. The molecule has 0 aliphatic heterocycles. The number of hydrogen-bond donors (Lipinski definition) is 0. The van der Waals surface area contributed by atoms with E-state index < -0.39 is 0 Å². The van der Waals surface area contributed by atoms with E-state index >= 15 is 0 Å². The molecule has 0 fully saturated rings. The molecule has 0 atom stereocenters. The van der Waals surface area contributed by atoms with E-state index in [2.05, 4.69) is 33.9 Å². The molecule has 0 aromatic heterocycles. The van der Waals surface area contributed by atoms with Gasteiger partial charge in [-0.1, -0.05) is 45.7 Å². The second-order valence-electron chi connectivity index (χ2n) is 4.67. The van der Waals surface area contributed by atoms with Crippen molar-refractivity contribution in [2.24, 2.45) is 0 Å². The highest BCUT2D eigenvalue weighted by Gasteiger charge is 2.02. The molecule has 2 aromatic carbocycles. The molecule has 2 nitrogen and oxygen atoms in total. The van der Waals surface area contributed by atoms with Crippen LogP contribution in [-0.2, 0) is 6.54 Å². The summed E-state index contributed by atoms with van der Waals surface area (Å²) in [4.78, 5) is 2.21. The molecule has 4 heteroatoms. The Bertz CT molecular complexity index is 562. The number of hydrogen-bond acceptors (Lipinski definition) is 2. The van der Waals surface area contributed by atoms with Crippen LogP contribution in [0.4, 0.5) is 0 Å². The lowest BCUT2D eigenvalue weighted by atomic mass is 10.2. The van der Waals surface area contributed by atoms with E-state index in [0.717, 1.165) is 28.3 Å². The molecule has 0 unspecified atom stereocenters. The molecule has 106 valence electrons. The summed E-state index contributed by atoms with van der Waals surface area (Å²) in [5.74, 6) is 0.885. The molecule has 0 radical (unpaired) electrons. The second kappa shape index (κ2) is 7.67. The summed E-state index contributed by atoms with van der Waals surface area (Å²) in [5, 5.41) is 0.779. The fourth-order valence-corrected chi connectivity index (χ4v) is 2.49. The zero-order valence-electron chi connectivity index (χ0n) is 11.4. The van der Waals surface area contributed by atoms with Gasteiger partial charge >= 0.3 is 0 Å². The van der Waals surface area contributed by atoms with Crippen LogP contribution in [0.3, 0.4) is 0 Å². The third kappa shape index (κ3) is 5.16. The maximum Gasteiger partial charge on any atom is 0.120 e. The summed E-state index contributed by atoms with van der Waals surface area (Å²) in [7, 11) is 2.07. The van der Waals surface area contributed by atoms with E-state index in [1.807, 2.05) is 42.5 Å². The number of likely N-dealkylation sites (N-methyl/N-ethyl adjacent to an activating group) is 1. The minimum atomic E-state index is 0.660. The van der Waals surface area contributed by atoms with Crippen LogP contribution in [0.1, 0.15) is 5.56 Å². The Hall–Kier alpha value is -1.03. The van der Waals surface area contributed by atoms with Crippen LogP contribution in [-0.4, -0.2) is 25.1 Å². The van der Waals surface area contributed by atoms with E-state index in [4.69, 9.17) is 16.3 Å². The molecule has 20 heavy (non-hydrogen) atoms. The zero-order chi connectivity index (χ0) is 14.4. The highest BCUT2D eigenvalue weighted by molar-refractivity contribution is 9.10. The number of nitrogens with zero attached hydrogens (tertiary/aromatic N) is 1. The van der Waals surface area contributed by atoms with E-state index in [0.29, 0.717) is 6.61 Å². The lowest BCUT2D eigenvalue weighted by molar-refractivity contribution is 0.233. The Morgan fingerprint density at radius 2 is 1.95 bits per heavy atom. The van der Waals surface area contributed by atoms with Crippen LogP contribution in [0.2, 0.25) is 5.02 Å². The summed E-state index contributed by atoms with van der Waals surface area (Å²) in [5.41, 5.74) is 1.21. The van der Waals surface area contributed by atoms with E-state index in [1.165, 1.54) is 5.56 Å². The summed E-state index contributed by atoms with van der Waals surface area (Å²) in [6, 6.07) is 15.8. The summed E-state index contributed by atoms with van der Waals surface area (Å²) >= 11 is 9.41. The molecule has 0 saturated heterocycles. The first-order valence-corrected chi connectivity index (χ1v) is 7.62. The third-order valence-corrected chi connectivity index (χ3v) is 3.61. The van der Waals surface area contributed by atoms with Gasteiger partial charge in [-0.3, -0.25) is 4.90 Å². The van der Waals surface area contributed by atoms with Gasteiger partial charge in [-0.2, -0.15) is 0 Å². The predicted molar refractivity (Wildman–Crippen MR) is 87.4 cm³/mol. The van der Waals surface area contributed by atoms with Gasteiger partial charge in [-0.25, -0.2) is 0 Å². The molecular formula is C16H17BrClNO. The van der Waals surface area contributed by atoms with Gasteiger partial charge in [-0.05, 0) is 42.9 Å². The normalized spacial score (nSPS) is 10.8. The van der Waals surface area contributed by atoms with Crippen molar-refractivity contribution in [2.75, 3.05) is 20.2 Å². The number of ether oxygens (including phenoxy) is 1. The van der Waals surface area contributed by atoms with Crippen LogP contribution in [0, 0.1) is 0 Å². The van der Waals surface area contributed by atoms with Crippen molar-refractivity contribution < 1.29 is 4.74 Å². The number of rotatable bonds is 6. The maximum absolute atomic E-state index is 5.98. The average molecular weight is 355 g/mol. The maximum atomic E-state index is 5.98. The van der Waals surface area contributed by atoms with Crippen LogP contribution >= 0.6 is 27.5 Å². The monoisotopic (exact) mass is 353 g/mol. The van der Waals surface area contributed by atoms with Crippen molar-refractivity contribution in [1.29, 1.82) is 0 Å². The summed E-state index contributed by atoms with van der Waals surface area (Å²) < 4.78 is 6.75. The summed E-state index contributed by atoms with van der Waals surface area (Å²) in [6.07, 6.45) is 0. The van der Waals surface area contributed by atoms with Crippen LogP contribution in [0.5, 0.6) is 5.75 Å². The van der Waals surface area contributed by atoms with E-state index in [-0.39, 0.29) is 0 Å². The molecular weight excluding hydrogens is 338 g/mol. The third-order valence-electron chi connectivity index (χ3n) is 2.88. The minimum absolute atomic E-state index is 0.660. The fraction of sp³-hybridized carbons (Fsp3) is 0.250. The molecule has 0 aliphatic carbocycles. The van der Waals surface area contributed by atoms with Gasteiger partial charge < -0.3 is 4.74 Å². The number of halogens is 2. The first-order valence-electron chi connectivity index (χ1n) is 6.45. The lowest BCUT2D eigenvalue weighted by Crippen LogP contribution is -2.23. The van der Waals surface area contributed by atoms with Gasteiger partial charge in [0.1, 0.15) is 12.4 Å². The van der Waals surface area contributed by atoms with Gasteiger partial charge in [-0.15, -0.1) is 0 Å². The molecule has 0 heterocycles. The van der Waals surface area contributed by atoms with Crippen molar-refractivity contribution in [1.82, 2.24) is 4.90 Å². The van der Waals surface area contributed by atoms with Gasteiger partial charge in [0.15, 0.2) is 0 Å². The lowest BCUT2D eigenvalue weighted by Gasteiger charge is -2.17. The Kier molecular flexibility index (Phi) is 5.89. The topological polar surface area (TPSA) is 12.5 Å². The molecule has 0 amide bonds. The highest BCUT2D eigenvalue weighted by Crippen LogP contribution is 2.17. The van der Waals surface area contributed by atoms with Crippen molar-refractivity contribution in [3.63, 3.8) is 0 Å². The van der Waals surface area contributed by atoms with Crippen molar-refractivity contribution in [3.8, 4) is 5.75 Å². The van der Waals surface area contributed by atoms with Crippen LogP contribution in [0.25, 0.3) is 0 Å². The Morgan fingerprint density at radius 1 is 1.15 bits per heavy atom. The molecule has 0 saturated carbocycles. The molecule has 0 N–H and O–H groups in total. The van der Waals surface area contributed by atoms with Gasteiger partial charge in [0, 0.05) is 22.6 Å². The fourth-order valence-electron chi connectivity index (χ4n) is 1.90. The molecule has 2 rings (SSSR count). The Labute approximate surface area is 133 Å². The first-order chi connectivity index (χ1) is 9.63. The van der Waals surface area contributed by atoms with Crippen LogP contribution < -0.4 is 4.74 Å². The standard InChI is InChI=1S/C16H17BrClNO/c1-19(12-13-4-2-6-15(18)10-13)8-9-20-16-7-3-5-14(17)11-16/h2-7,10-11H,8-9,12H2,1H3. The largest absolute Gasteiger partial charge is 0.492 e. The van der Waals surface area contributed by atoms with E-state index in [9.17, 15) is 0 Å². The zero-order valence-corrected chi connectivity index (χ0v) is 13.7. The quantitative estimate of drug-likeness (QED) is 0.751. The molecule has 0 bridgehead atoms. The SMILES string of the molecule is CN(CCOc1cccc(Br)c1)Cc1cccc(Cl)c1. The van der Waals surface area contributed by atoms with Crippen molar-refractivity contribution in [3.05, 3.63) is 63.6 Å². The van der Waals surface area contributed by atoms with Gasteiger partial charge in [0.25, 0.3) is 0 Å². The average Bonchev–Trinajstić information content (AvgIpc) is 2.38. The first kappa shape index (κ1) is 15.4. The second-order valence-corrected chi connectivity index (χ2v) is 6.03. The Morgan fingerprint density at radius 3 is 2.70 bits per heavy atom. The molecule has 0 aliphatic rings.